The Hall–Kier alpha value is -1.58. The molecule has 0 fully saturated rings. The number of rotatable bonds is 3. The molecular weight excluding hydrogens is 216 g/mol. The minimum absolute atomic E-state index is 0.254. The Morgan fingerprint density at radius 3 is 2.76 bits per heavy atom. The number of aliphatic carboxylic acids is 1. The van der Waals surface area contributed by atoms with Crippen LogP contribution in [0, 0.1) is 0 Å². The highest BCUT2D eigenvalue weighted by molar-refractivity contribution is 5.96. The number of nitrogens with zero attached hydrogens (tertiary/aromatic N) is 2. The Morgan fingerprint density at radius 1 is 1.41 bits per heavy atom. The zero-order valence-electron chi connectivity index (χ0n) is 10.3. The van der Waals surface area contributed by atoms with Crippen LogP contribution in [0.25, 0.3) is 5.57 Å². The lowest BCUT2D eigenvalue weighted by molar-refractivity contribution is -0.132. The van der Waals surface area contributed by atoms with Crippen molar-refractivity contribution in [3.8, 4) is 0 Å². The van der Waals surface area contributed by atoms with Gasteiger partial charge < -0.3 is 5.11 Å². The first-order valence-corrected chi connectivity index (χ1v) is 6.10. The van der Waals surface area contributed by atoms with Gasteiger partial charge in [-0.1, -0.05) is 0 Å². The normalized spacial score (nSPS) is 16.6. The highest BCUT2D eigenvalue weighted by Gasteiger charge is 2.22. The lowest BCUT2D eigenvalue weighted by Gasteiger charge is -2.20. The van der Waals surface area contributed by atoms with E-state index in [2.05, 4.69) is 18.9 Å². The van der Waals surface area contributed by atoms with E-state index in [1.54, 1.807) is 6.20 Å². The van der Waals surface area contributed by atoms with Crippen LogP contribution < -0.4 is 0 Å². The summed E-state index contributed by atoms with van der Waals surface area (Å²) in [7, 11) is 0. The molecule has 1 aliphatic carbocycles. The molecule has 1 aliphatic rings. The van der Waals surface area contributed by atoms with Gasteiger partial charge in [-0.05, 0) is 51.2 Å². The zero-order valence-corrected chi connectivity index (χ0v) is 10.3. The van der Waals surface area contributed by atoms with E-state index in [0.717, 1.165) is 30.5 Å². The SMILES string of the molecule is CC(C)n1nccc1C1=C(C(=O)O)CCCC1. The number of carboxylic acid groups (broad SMARTS) is 1. The van der Waals surface area contributed by atoms with Gasteiger partial charge >= 0.3 is 5.97 Å². The molecule has 0 bridgehead atoms. The van der Waals surface area contributed by atoms with Crippen molar-refractivity contribution in [2.24, 2.45) is 0 Å². The summed E-state index contributed by atoms with van der Waals surface area (Å²) >= 11 is 0. The van der Waals surface area contributed by atoms with Gasteiger partial charge in [0.25, 0.3) is 0 Å². The van der Waals surface area contributed by atoms with Gasteiger partial charge in [0.1, 0.15) is 0 Å². The smallest absolute Gasteiger partial charge is 0.331 e. The topological polar surface area (TPSA) is 55.1 Å². The van der Waals surface area contributed by atoms with Crippen LogP contribution in [-0.2, 0) is 4.79 Å². The van der Waals surface area contributed by atoms with E-state index in [-0.39, 0.29) is 6.04 Å². The average Bonchev–Trinajstić information content (AvgIpc) is 2.77. The predicted molar refractivity (Wildman–Crippen MR) is 65.6 cm³/mol. The Balaban J connectivity index is 2.49. The predicted octanol–water partition coefficient (Wildman–Crippen LogP) is 2.88. The molecule has 2 rings (SSSR count). The standard InChI is InChI=1S/C13H18N2O2/c1-9(2)15-12(7-8-14-15)10-5-3-4-6-11(10)13(16)17/h7-9H,3-6H2,1-2H3,(H,16,17). The number of aromatic nitrogens is 2. The van der Waals surface area contributed by atoms with Crippen LogP contribution in [0.5, 0.6) is 0 Å². The van der Waals surface area contributed by atoms with Gasteiger partial charge in [-0.15, -0.1) is 0 Å². The molecular formula is C13H18N2O2. The third-order valence-corrected chi connectivity index (χ3v) is 3.19. The molecule has 0 amide bonds. The van der Waals surface area contributed by atoms with Crippen molar-refractivity contribution in [2.75, 3.05) is 0 Å². The number of carboxylic acids is 1. The summed E-state index contributed by atoms with van der Waals surface area (Å²) in [5, 5.41) is 13.5. The first-order valence-electron chi connectivity index (χ1n) is 6.10. The second-order valence-electron chi connectivity index (χ2n) is 4.72. The maximum Gasteiger partial charge on any atom is 0.331 e. The van der Waals surface area contributed by atoms with Gasteiger partial charge in [-0.2, -0.15) is 5.10 Å². The fourth-order valence-electron chi connectivity index (χ4n) is 2.39. The maximum absolute atomic E-state index is 11.3. The van der Waals surface area contributed by atoms with Gasteiger partial charge in [-0.3, -0.25) is 4.68 Å². The fourth-order valence-corrected chi connectivity index (χ4v) is 2.39. The molecule has 1 aromatic rings. The van der Waals surface area contributed by atoms with Crippen LogP contribution in [0.15, 0.2) is 17.8 Å². The Labute approximate surface area is 101 Å². The monoisotopic (exact) mass is 234 g/mol. The largest absolute Gasteiger partial charge is 0.478 e. The third-order valence-electron chi connectivity index (χ3n) is 3.19. The van der Waals surface area contributed by atoms with Crippen LogP contribution in [0.1, 0.15) is 51.3 Å². The zero-order chi connectivity index (χ0) is 12.4. The lowest BCUT2D eigenvalue weighted by atomic mass is 9.89. The van der Waals surface area contributed by atoms with Gasteiger partial charge in [0, 0.05) is 17.8 Å². The van der Waals surface area contributed by atoms with E-state index in [9.17, 15) is 9.90 Å². The molecule has 0 saturated heterocycles. The molecule has 4 heteroatoms. The number of carbonyl (C=O) groups is 1. The Kier molecular flexibility index (Phi) is 3.31. The molecule has 17 heavy (non-hydrogen) atoms. The van der Waals surface area contributed by atoms with Crippen molar-refractivity contribution in [2.45, 2.75) is 45.6 Å². The second kappa shape index (κ2) is 4.73. The molecule has 0 aliphatic heterocycles. The summed E-state index contributed by atoms with van der Waals surface area (Å²) < 4.78 is 1.91. The molecule has 0 spiro atoms. The molecule has 0 aromatic carbocycles. The van der Waals surface area contributed by atoms with E-state index in [4.69, 9.17) is 0 Å². The van der Waals surface area contributed by atoms with E-state index in [1.807, 2.05) is 10.7 Å². The van der Waals surface area contributed by atoms with Gasteiger partial charge in [0.15, 0.2) is 0 Å². The molecule has 92 valence electrons. The first-order chi connectivity index (χ1) is 8.11. The summed E-state index contributed by atoms with van der Waals surface area (Å²) in [4.78, 5) is 11.3. The molecule has 0 unspecified atom stereocenters. The molecule has 0 saturated carbocycles. The van der Waals surface area contributed by atoms with Crippen LogP contribution >= 0.6 is 0 Å². The van der Waals surface area contributed by atoms with Crippen molar-refractivity contribution in [3.05, 3.63) is 23.5 Å². The third kappa shape index (κ3) is 2.25. The van der Waals surface area contributed by atoms with Crippen molar-refractivity contribution in [1.82, 2.24) is 9.78 Å². The fraction of sp³-hybridized carbons (Fsp3) is 0.538. The molecule has 4 nitrogen and oxygen atoms in total. The average molecular weight is 234 g/mol. The summed E-state index contributed by atoms with van der Waals surface area (Å²) in [5.41, 5.74) is 2.51. The van der Waals surface area contributed by atoms with Crippen molar-refractivity contribution in [3.63, 3.8) is 0 Å². The van der Waals surface area contributed by atoms with E-state index in [0.29, 0.717) is 12.0 Å². The van der Waals surface area contributed by atoms with E-state index >= 15 is 0 Å². The van der Waals surface area contributed by atoms with Crippen molar-refractivity contribution >= 4 is 11.5 Å². The van der Waals surface area contributed by atoms with E-state index < -0.39 is 5.97 Å². The maximum atomic E-state index is 11.3. The van der Waals surface area contributed by atoms with Gasteiger partial charge in [0.2, 0.25) is 0 Å². The van der Waals surface area contributed by atoms with Crippen LogP contribution in [0.2, 0.25) is 0 Å². The van der Waals surface area contributed by atoms with Crippen molar-refractivity contribution in [1.29, 1.82) is 0 Å². The van der Waals surface area contributed by atoms with Crippen LogP contribution in [-0.4, -0.2) is 20.9 Å². The number of hydrogen-bond acceptors (Lipinski definition) is 2. The Morgan fingerprint density at radius 2 is 2.12 bits per heavy atom. The van der Waals surface area contributed by atoms with Gasteiger partial charge in [-0.25, -0.2) is 4.79 Å². The minimum atomic E-state index is -0.781. The molecule has 0 radical (unpaired) electrons. The summed E-state index contributed by atoms with van der Waals surface area (Å²) in [6.07, 6.45) is 5.31. The molecule has 1 heterocycles. The second-order valence-corrected chi connectivity index (χ2v) is 4.72. The summed E-state index contributed by atoms with van der Waals surface area (Å²) in [6.45, 7) is 4.11. The van der Waals surface area contributed by atoms with Crippen LogP contribution in [0.4, 0.5) is 0 Å². The lowest BCUT2D eigenvalue weighted by Crippen LogP contribution is -2.13. The van der Waals surface area contributed by atoms with Crippen molar-refractivity contribution < 1.29 is 9.90 Å². The molecule has 1 N–H and O–H groups in total. The Bertz CT molecular complexity index is 458. The minimum Gasteiger partial charge on any atom is -0.478 e. The number of allylic oxidation sites excluding steroid dienone is 1. The molecule has 0 atom stereocenters. The van der Waals surface area contributed by atoms with Gasteiger partial charge in [0.05, 0.1) is 5.69 Å². The summed E-state index contributed by atoms with van der Waals surface area (Å²) in [6, 6.07) is 2.17. The first kappa shape index (κ1) is 11.9. The number of hydrogen-bond donors (Lipinski definition) is 1. The highest BCUT2D eigenvalue weighted by Crippen LogP contribution is 2.33. The highest BCUT2D eigenvalue weighted by atomic mass is 16.4. The summed E-state index contributed by atoms with van der Waals surface area (Å²) in [5.74, 6) is -0.781. The van der Waals surface area contributed by atoms with Crippen LogP contribution in [0.3, 0.4) is 0 Å². The quantitative estimate of drug-likeness (QED) is 0.874. The van der Waals surface area contributed by atoms with E-state index in [1.165, 1.54) is 0 Å². The molecule has 1 aromatic heterocycles.